The second-order valence-corrected chi connectivity index (χ2v) is 9.15. The lowest BCUT2D eigenvalue weighted by atomic mass is 9.96. The zero-order valence-electron chi connectivity index (χ0n) is 16.8. The van der Waals surface area contributed by atoms with Gasteiger partial charge in [0.05, 0.1) is 18.1 Å². The first-order valence-electron chi connectivity index (χ1n) is 9.79. The van der Waals surface area contributed by atoms with E-state index < -0.39 is 0 Å². The van der Waals surface area contributed by atoms with Crippen LogP contribution < -0.4 is 10.2 Å². The lowest BCUT2D eigenvalue weighted by Crippen LogP contribution is -2.36. The molecule has 1 N–H and O–H groups in total. The lowest BCUT2D eigenvalue weighted by molar-refractivity contribution is -0.128. The van der Waals surface area contributed by atoms with Crippen molar-refractivity contribution >= 4 is 34.5 Å². The number of nitrogens with zero attached hydrogens (tertiary/aromatic N) is 5. The van der Waals surface area contributed by atoms with Crippen LogP contribution in [0.4, 0.5) is 5.82 Å². The van der Waals surface area contributed by atoms with Gasteiger partial charge in [0.25, 0.3) is 0 Å². The summed E-state index contributed by atoms with van der Waals surface area (Å²) in [6.45, 7) is 11.1. The Morgan fingerprint density at radius 3 is 2.63 bits per heavy atom. The summed E-state index contributed by atoms with van der Waals surface area (Å²) in [5.41, 5.74) is 0.465. The molecule has 0 saturated carbocycles. The number of anilines is 1. The maximum Gasteiger partial charge on any atom is 0.225 e. The Bertz CT molecular complexity index is 791. The van der Waals surface area contributed by atoms with Gasteiger partial charge in [0.15, 0.2) is 10.8 Å². The fourth-order valence-electron chi connectivity index (χ4n) is 3.17. The van der Waals surface area contributed by atoms with Crippen LogP contribution in [0.1, 0.15) is 47.0 Å². The number of carbonyl (C=O) groups excluding carboxylic acids is 1. The van der Waals surface area contributed by atoms with E-state index in [0.29, 0.717) is 13.1 Å². The van der Waals surface area contributed by atoms with E-state index in [-0.39, 0.29) is 11.3 Å². The summed E-state index contributed by atoms with van der Waals surface area (Å²) in [6.07, 6.45) is 5.56. The van der Waals surface area contributed by atoms with E-state index in [1.807, 2.05) is 31.6 Å². The van der Waals surface area contributed by atoms with Crippen LogP contribution in [0.15, 0.2) is 11.4 Å². The molecule has 0 atom stereocenters. The van der Waals surface area contributed by atoms with Crippen molar-refractivity contribution in [1.29, 1.82) is 0 Å². The molecule has 1 fully saturated rings. The van der Waals surface area contributed by atoms with Gasteiger partial charge in [-0.15, -0.1) is 0 Å². The number of hydrogen-bond donors (Lipinski definition) is 1. The highest BCUT2D eigenvalue weighted by atomic mass is 32.2. The zero-order chi connectivity index (χ0) is 19.4. The minimum atomic E-state index is -0.388. The first-order chi connectivity index (χ1) is 12.9. The topological polar surface area (TPSA) is 75.9 Å². The number of fused-ring (bicyclic) bond motifs is 1. The van der Waals surface area contributed by atoms with Crippen LogP contribution in [0.25, 0.3) is 11.0 Å². The van der Waals surface area contributed by atoms with Gasteiger partial charge in [-0.05, 0) is 25.0 Å². The predicted molar refractivity (Wildman–Crippen MR) is 110 cm³/mol. The van der Waals surface area contributed by atoms with Crippen molar-refractivity contribution in [2.24, 2.45) is 5.41 Å². The number of piperidine rings is 1. The van der Waals surface area contributed by atoms with Crippen LogP contribution in [0.3, 0.4) is 0 Å². The van der Waals surface area contributed by atoms with Crippen LogP contribution in [0, 0.1) is 5.41 Å². The third kappa shape index (κ3) is 4.72. The monoisotopic (exact) mass is 390 g/mol. The van der Waals surface area contributed by atoms with Gasteiger partial charge >= 0.3 is 0 Å². The molecule has 0 aromatic carbocycles. The number of thioether (sulfide) groups is 1. The quantitative estimate of drug-likeness (QED) is 0.603. The molecule has 1 saturated heterocycles. The van der Waals surface area contributed by atoms with Crippen molar-refractivity contribution in [2.75, 3.05) is 30.3 Å². The molecular formula is C19H30N6OS. The molecule has 0 bridgehead atoms. The highest BCUT2D eigenvalue weighted by molar-refractivity contribution is 7.99. The van der Waals surface area contributed by atoms with Gasteiger partial charge in [-0.2, -0.15) is 5.10 Å². The molecule has 1 amide bonds. The van der Waals surface area contributed by atoms with Crippen molar-refractivity contribution in [3.8, 4) is 0 Å². The summed E-state index contributed by atoms with van der Waals surface area (Å²) >= 11 is 1.65. The summed E-state index contributed by atoms with van der Waals surface area (Å²) in [5, 5.41) is 9.32. The Kier molecular flexibility index (Phi) is 6.24. The largest absolute Gasteiger partial charge is 0.356 e. The minimum Gasteiger partial charge on any atom is -0.356 e. The van der Waals surface area contributed by atoms with E-state index in [2.05, 4.69) is 22.2 Å². The third-order valence-corrected chi connectivity index (χ3v) is 5.40. The summed E-state index contributed by atoms with van der Waals surface area (Å²) in [5.74, 6) is 1.98. The summed E-state index contributed by atoms with van der Waals surface area (Å²) in [4.78, 5) is 24.0. The molecule has 0 spiro atoms. The molecule has 1 aliphatic heterocycles. The summed E-state index contributed by atoms with van der Waals surface area (Å²) < 4.78 is 1.88. The van der Waals surface area contributed by atoms with Gasteiger partial charge < -0.3 is 10.2 Å². The summed E-state index contributed by atoms with van der Waals surface area (Å²) in [6, 6.07) is 0. The van der Waals surface area contributed by atoms with Gasteiger partial charge in [0.1, 0.15) is 5.82 Å². The van der Waals surface area contributed by atoms with Crippen LogP contribution in [0.5, 0.6) is 0 Å². The van der Waals surface area contributed by atoms with Gasteiger partial charge in [-0.3, -0.25) is 4.79 Å². The molecule has 7 nitrogen and oxygen atoms in total. The van der Waals surface area contributed by atoms with E-state index >= 15 is 0 Å². The average Bonchev–Trinajstić information content (AvgIpc) is 3.04. The third-order valence-electron chi connectivity index (χ3n) is 4.67. The Morgan fingerprint density at radius 1 is 1.22 bits per heavy atom. The van der Waals surface area contributed by atoms with E-state index in [9.17, 15) is 4.79 Å². The smallest absolute Gasteiger partial charge is 0.225 e. The fourth-order valence-corrected chi connectivity index (χ4v) is 3.73. The molecule has 1 aliphatic rings. The number of hydrogen-bond acceptors (Lipinski definition) is 6. The molecule has 0 aliphatic carbocycles. The number of rotatable bonds is 6. The maximum atomic E-state index is 12.1. The second-order valence-electron chi connectivity index (χ2n) is 7.92. The van der Waals surface area contributed by atoms with E-state index in [1.54, 1.807) is 11.8 Å². The minimum absolute atomic E-state index is 0.0461. The zero-order valence-corrected chi connectivity index (χ0v) is 17.6. The molecule has 3 heterocycles. The molecule has 148 valence electrons. The maximum absolute atomic E-state index is 12.1. The van der Waals surface area contributed by atoms with Crippen molar-refractivity contribution in [1.82, 2.24) is 25.1 Å². The Morgan fingerprint density at radius 2 is 1.96 bits per heavy atom. The molecule has 8 heteroatoms. The molecule has 27 heavy (non-hydrogen) atoms. The molecule has 3 rings (SSSR count). The van der Waals surface area contributed by atoms with Crippen LogP contribution in [-0.4, -0.2) is 51.0 Å². The number of amides is 1. The molecule has 2 aromatic heterocycles. The first kappa shape index (κ1) is 19.9. The van der Waals surface area contributed by atoms with Crippen molar-refractivity contribution in [3.63, 3.8) is 0 Å². The van der Waals surface area contributed by atoms with E-state index in [4.69, 9.17) is 9.97 Å². The Labute approximate surface area is 165 Å². The number of aromatic nitrogens is 4. The second kappa shape index (κ2) is 8.46. The van der Waals surface area contributed by atoms with E-state index in [0.717, 1.165) is 40.9 Å². The van der Waals surface area contributed by atoms with Crippen molar-refractivity contribution in [2.45, 2.75) is 58.7 Å². The van der Waals surface area contributed by atoms with E-state index in [1.165, 1.54) is 19.3 Å². The van der Waals surface area contributed by atoms with Gasteiger partial charge in [0.2, 0.25) is 5.91 Å². The highest BCUT2D eigenvalue weighted by Crippen LogP contribution is 2.29. The average molecular weight is 391 g/mol. The molecule has 0 radical (unpaired) electrons. The molecule has 2 aromatic rings. The van der Waals surface area contributed by atoms with Crippen LogP contribution >= 0.6 is 11.8 Å². The summed E-state index contributed by atoms with van der Waals surface area (Å²) in [7, 11) is 0. The Hall–Kier alpha value is -1.83. The van der Waals surface area contributed by atoms with Crippen LogP contribution in [-0.2, 0) is 11.3 Å². The predicted octanol–water partition coefficient (Wildman–Crippen LogP) is 3.09. The number of carbonyl (C=O) groups is 1. The van der Waals surface area contributed by atoms with Gasteiger partial charge in [0, 0.05) is 25.0 Å². The fraction of sp³-hybridized carbons (Fsp3) is 0.684. The molecule has 0 unspecified atom stereocenters. The lowest BCUT2D eigenvalue weighted by Gasteiger charge is -2.28. The van der Waals surface area contributed by atoms with Crippen LogP contribution in [0.2, 0.25) is 0 Å². The molecular weight excluding hydrogens is 360 g/mol. The first-order valence-corrected chi connectivity index (χ1v) is 10.8. The number of nitrogens with one attached hydrogen (secondary N) is 1. The normalized spacial score (nSPS) is 15.3. The standard InChI is InChI=1S/C19H30N6OS/c1-5-27-18-22-15(24-10-7-6-8-11-24)14-13-21-25(16(14)23-18)12-9-20-17(26)19(2,3)4/h13H,5-12H2,1-4H3,(H,20,26). The Balaban J connectivity index is 1.84. The van der Waals surface area contributed by atoms with Gasteiger partial charge in [-0.1, -0.05) is 39.5 Å². The SMILES string of the molecule is CCSc1nc(N2CCCCC2)c2cnn(CCNC(=O)C(C)(C)C)c2n1. The van der Waals surface area contributed by atoms with Gasteiger partial charge in [-0.25, -0.2) is 14.6 Å². The van der Waals surface area contributed by atoms with Crippen molar-refractivity contribution < 1.29 is 4.79 Å². The highest BCUT2D eigenvalue weighted by Gasteiger charge is 2.22. The van der Waals surface area contributed by atoms with Crippen molar-refractivity contribution in [3.05, 3.63) is 6.20 Å².